The standard InChI is InChI=1S/C24H33NO6/c1-5-25-10-23(11-28-2)17(27)8-18-24-14(9-31-18)12-6-15(26)16(29-3)7-13(12)19(22(24)25)20(30-4)21(23)24/h6-7,14,17-22,26-27H,5,8-11H2,1-4H3/t14-,17-,18?,19+,20+,21-,22-,23+,24+/m1/s1. The molecule has 3 aliphatic carbocycles. The molecule has 5 aliphatic rings. The zero-order chi connectivity index (χ0) is 21.7. The van der Waals surface area contributed by atoms with Gasteiger partial charge < -0.3 is 29.2 Å². The maximum Gasteiger partial charge on any atom is 0.160 e. The molecule has 2 aliphatic heterocycles. The molecule has 170 valence electrons. The van der Waals surface area contributed by atoms with Gasteiger partial charge in [-0.15, -0.1) is 0 Å². The van der Waals surface area contributed by atoms with E-state index >= 15 is 0 Å². The summed E-state index contributed by atoms with van der Waals surface area (Å²) in [6, 6.07) is 4.18. The van der Waals surface area contributed by atoms with Gasteiger partial charge in [0.2, 0.25) is 0 Å². The van der Waals surface area contributed by atoms with Crippen molar-refractivity contribution >= 4 is 0 Å². The molecule has 2 saturated carbocycles. The van der Waals surface area contributed by atoms with Crippen LogP contribution in [0.5, 0.6) is 11.5 Å². The lowest BCUT2D eigenvalue weighted by Crippen LogP contribution is -2.73. The molecule has 0 aromatic heterocycles. The highest BCUT2D eigenvalue weighted by Gasteiger charge is 2.82. The van der Waals surface area contributed by atoms with Crippen LogP contribution in [0.4, 0.5) is 0 Å². The Balaban J connectivity index is 1.67. The molecule has 1 spiro atoms. The number of likely N-dealkylation sites (N-methyl/N-ethyl adjacent to an activating group) is 1. The number of aromatic hydroxyl groups is 1. The molecule has 7 heteroatoms. The Labute approximate surface area is 183 Å². The van der Waals surface area contributed by atoms with E-state index in [9.17, 15) is 10.2 Å². The molecule has 2 N–H and O–H groups in total. The van der Waals surface area contributed by atoms with Crippen molar-refractivity contribution in [2.24, 2.45) is 16.7 Å². The van der Waals surface area contributed by atoms with Gasteiger partial charge in [0.15, 0.2) is 11.5 Å². The van der Waals surface area contributed by atoms with E-state index in [0.717, 1.165) is 18.7 Å². The van der Waals surface area contributed by atoms with Crippen molar-refractivity contribution in [3.63, 3.8) is 0 Å². The molecular weight excluding hydrogens is 398 g/mol. The van der Waals surface area contributed by atoms with E-state index in [2.05, 4.69) is 11.8 Å². The fourth-order valence-corrected chi connectivity index (χ4v) is 8.82. The predicted molar refractivity (Wildman–Crippen MR) is 113 cm³/mol. The third kappa shape index (κ3) is 2.09. The maximum absolute atomic E-state index is 11.5. The summed E-state index contributed by atoms with van der Waals surface area (Å²) in [7, 11) is 5.13. The summed E-state index contributed by atoms with van der Waals surface area (Å²) in [5.41, 5.74) is 1.79. The number of methoxy groups -OCH3 is 3. The van der Waals surface area contributed by atoms with E-state index in [0.29, 0.717) is 25.4 Å². The first-order valence-corrected chi connectivity index (χ1v) is 11.5. The number of aliphatic hydroxyl groups excluding tert-OH is 1. The average Bonchev–Trinajstić information content (AvgIpc) is 3.20. The quantitative estimate of drug-likeness (QED) is 0.735. The van der Waals surface area contributed by atoms with Gasteiger partial charge in [-0.2, -0.15) is 0 Å². The molecule has 9 atom stereocenters. The van der Waals surface area contributed by atoms with Gasteiger partial charge in [-0.25, -0.2) is 0 Å². The van der Waals surface area contributed by atoms with E-state index in [-0.39, 0.29) is 47.2 Å². The zero-order valence-corrected chi connectivity index (χ0v) is 18.7. The number of benzene rings is 1. The van der Waals surface area contributed by atoms with E-state index in [1.54, 1.807) is 21.3 Å². The summed E-state index contributed by atoms with van der Waals surface area (Å²) in [6.07, 6.45) is 0.0333. The number of fused-ring (bicyclic) bond motifs is 3. The summed E-state index contributed by atoms with van der Waals surface area (Å²) in [5.74, 6) is 1.06. The molecule has 0 radical (unpaired) electrons. The lowest BCUT2D eigenvalue weighted by Gasteiger charge is -2.65. The number of nitrogens with zero attached hydrogens (tertiary/aromatic N) is 1. The van der Waals surface area contributed by atoms with Crippen LogP contribution in [-0.4, -0.2) is 87.1 Å². The summed E-state index contributed by atoms with van der Waals surface area (Å²) < 4.78 is 24.1. The number of piperidine rings is 1. The van der Waals surface area contributed by atoms with Crippen LogP contribution in [-0.2, 0) is 14.2 Å². The zero-order valence-electron chi connectivity index (χ0n) is 18.7. The van der Waals surface area contributed by atoms with E-state index in [1.165, 1.54) is 5.56 Å². The first-order chi connectivity index (χ1) is 15.0. The first-order valence-electron chi connectivity index (χ1n) is 11.5. The highest BCUT2D eigenvalue weighted by molar-refractivity contribution is 5.56. The van der Waals surface area contributed by atoms with Gasteiger partial charge in [0.25, 0.3) is 0 Å². The number of ether oxygens (including phenoxy) is 4. The summed E-state index contributed by atoms with van der Waals surface area (Å²) in [4.78, 5) is 2.55. The minimum atomic E-state index is -0.509. The predicted octanol–water partition coefficient (Wildman–Crippen LogP) is 1.71. The Hall–Kier alpha value is -1.38. The topological polar surface area (TPSA) is 80.6 Å². The largest absolute Gasteiger partial charge is 0.504 e. The number of likely N-dealkylation sites (tertiary alicyclic amines) is 1. The van der Waals surface area contributed by atoms with Crippen molar-refractivity contribution < 1.29 is 29.2 Å². The van der Waals surface area contributed by atoms with Crippen molar-refractivity contribution in [2.75, 3.05) is 47.6 Å². The molecule has 2 saturated heterocycles. The molecule has 2 heterocycles. The van der Waals surface area contributed by atoms with Crippen molar-refractivity contribution in [2.45, 2.75) is 49.5 Å². The Bertz CT molecular complexity index is 908. The molecule has 6 rings (SSSR count). The number of phenolic OH excluding ortho intramolecular Hbond substituents is 1. The van der Waals surface area contributed by atoms with Crippen LogP contribution < -0.4 is 4.74 Å². The smallest absolute Gasteiger partial charge is 0.160 e. The van der Waals surface area contributed by atoms with Crippen LogP contribution in [0.1, 0.15) is 36.3 Å². The SMILES string of the molecule is CCN1C[C@]2(COC)[C@H](O)CC3OC[C@@H]4c5cc(O)c(OC)cc5[C@H]5[C@H](OC)[C@H]2[C@@]34[C@@H]51. The number of hydrogen-bond donors (Lipinski definition) is 2. The third-order valence-electron chi connectivity index (χ3n) is 9.52. The Kier molecular flexibility index (Phi) is 4.29. The number of aliphatic hydroxyl groups is 1. The number of rotatable bonds is 5. The van der Waals surface area contributed by atoms with Crippen LogP contribution in [0.15, 0.2) is 12.1 Å². The summed E-state index contributed by atoms with van der Waals surface area (Å²) in [5, 5.41) is 22.2. The Morgan fingerprint density at radius 1 is 1.23 bits per heavy atom. The molecule has 1 aromatic rings. The van der Waals surface area contributed by atoms with Crippen LogP contribution in [0.25, 0.3) is 0 Å². The fourth-order valence-electron chi connectivity index (χ4n) is 8.82. The summed E-state index contributed by atoms with van der Waals surface area (Å²) in [6.45, 7) is 5.01. The fraction of sp³-hybridized carbons (Fsp3) is 0.750. The van der Waals surface area contributed by atoms with Gasteiger partial charge in [0.05, 0.1) is 38.6 Å². The third-order valence-corrected chi connectivity index (χ3v) is 9.52. The Morgan fingerprint density at radius 2 is 2.03 bits per heavy atom. The minimum Gasteiger partial charge on any atom is -0.504 e. The molecule has 0 amide bonds. The highest BCUT2D eigenvalue weighted by Crippen LogP contribution is 2.77. The van der Waals surface area contributed by atoms with Gasteiger partial charge in [0.1, 0.15) is 0 Å². The maximum atomic E-state index is 11.5. The Morgan fingerprint density at radius 3 is 2.71 bits per heavy atom. The highest BCUT2D eigenvalue weighted by atomic mass is 16.5. The normalized spacial score (nSPS) is 46.8. The van der Waals surface area contributed by atoms with Gasteiger partial charge in [-0.05, 0) is 29.8 Å². The molecule has 1 aromatic carbocycles. The minimum absolute atomic E-state index is 0.0260. The van der Waals surface area contributed by atoms with Crippen LogP contribution >= 0.6 is 0 Å². The van der Waals surface area contributed by atoms with Crippen molar-refractivity contribution in [3.8, 4) is 11.5 Å². The molecular formula is C24H33NO6. The number of hydrogen-bond acceptors (Lipinski definition) is 7. The lowest BCUT2D eigenvalue weighted by atomic mass is 9.45. The lowest BCUT2D eigenvalue weighted by molar-refractivity contribution is -0.235. The second-order valence-electron chi connectivity index (χ2n) is 10.2. The van der Waals surface area contributed by atoms with Crippen molar-refractivity contribution in [1.29, 1.82) is 0 Å². The van der Waals surface area contributed by atoms with Crippen molar-refractivity contribution in [3.05, 3.63) is 23.3 Å². The van der Waals surface area contributed by atoms with Crippen LogP contribution in [0, 0.1) is 16.7 Å². The molecule has 5 bridgehead atoms. The average molecular weight is 432 g/mol. The number of phenols is 1. The van der Waals surface area contributed by atoms with Crippen LogP contribution in [0.2, 0.25) is 0 Å². The first kappa shape index (κ1) is 20.2. The second kappa shape index (κ2) is 6.58. The molecule has 31 heavy (non-hydrogen) atoms. The van der Waals surface area contributed by atoms with Crippen LogP contribution in [0.3, 0.4) is 0 Å². The van der Waals surface area contributed by atoms with Gasteiger partial charge >= 0.3 is 0 Å². The molecule has 7 nitrogen and oxygen atoms in total. The van der Waals surface area contributed by atoms with E-state index in [1.807, 2.05) is 12.1 Å². The summed E-state index contributed by atoms with van der Waals surface area (Å²) >= 11 is 0. The van der Waals surface area contributed by atoms with E-state index in [4.69, 9.17) is 18.9 Å². The second-order valence-corrected chi connectivity index (χ2v) is 10.2. The molecule has 4 fully saturated rings. The monoisotopic (exact) mass is 431 g/mol. The van der Waals surface area contributed by atoms with Gasteiger partial charge in [0, 0.05) is 61.8 Å². The van der Waals surface area contributed by atoms with E-state index < -0.39 is 11.5 Å². The van der Waals surface area contributed by atoms with Gasteiger partial charge in [-0.3, -0.25) is 4.90 Å². The molecule has 1 unspecified atom stereocenters. The van der Waals surface area contributed by atoms with Crippen molar-refractivity contribution in [1.82, 2.24) is 4.90 Å². The van der Waals surface area contributed by atoms with Gasteiger partial charge in [-0.1, -0.05) is 6.92 Å².